The summed E-state index contributed by atoms with van der Waals surface area (Å²) in [6.45, 7) is 0.777. The summed E-state index contributed by atoms with van der Waals surface area (Å²) in [7, 11) is 1.83. The number of nitrogens with zero attached hydrogens (tertiary/aromatic N) is 3. The van der Waals surface area contributed by atoms with Crippen LogP contribution in [-0.4, -0.2) is 39.6 Å². The zero-order valence-corrected chi connectivity index (χ0v) is 14.5. The highest BCUT2D eigenvalue weighted by Crippen LogP contribution is 2.40. The van der Waals surface area contributed by atoms with E-state index in [-0.39, 0.29) is 17.0 Å². The highest BCUT2D eigenvalue weighted by molar-refractivity contribution is 8.00. The third kappa shape index (κ3) is 2.67. The van der Waals surface area contributed by atoms with E-state index in [1.807, 2.05) is 12.4 Å². The molecule has 1 aliphatic rings. The molecule has 1 fully saturated rings. The van der Waals surface area contributed by atoms with Crippen LogP contribution in [0.4, 0.5) is 4.39 Å². The van der Waals surface area contributed by atoms with Crippen molar-refractivity contribution in [3.8, 4) is 11.1 Å². The Hall–Kier alpha value is -1.99. The lowest BCUT2D eigenvalue weighted by molar-refractivity contribution is -0.126. The molecule has 0 spiro atoms. The van der Waals surface area contributed by atoms with Gasteiger partial charge in [0.05, 0.1) is 10.6 Å². The molecule has 1 amide bonds. The number of hydrogen-bond donors (Lipinski definition) is 0. The molecule has 7 heteroatoms. The first-order chi connectivity index (χ1) is 11.6. The van der Waals surface area contributed by atoms with E-state index in [1.165, 1.54) is 35.2 Å². The number of rotatable bonds is 3. The minimum atomic E-state index is -0.260. The number of hydrogen-bond acceptors (Lipinski definition) is 5. The predicted octanol–water partition coefficient (Wildman–Crippen LogP) is 3.82. The number of likely N-dealkylation sites (tertiary alicyclic amines) is 1. The van der Waals surface area contributed by atoms with Gasteiger partial charge in [-0.2, -0.15) is 0 Å². The average Bonchev–Trinajstić information content (AvgIpc) is 3.15. The van der Waals surface area contributed by atoms with Gasteiger partial charge < -0.3 is 4.90 Å². The zero-order chi connectivity index (χ0) is 16.7. The van der Waals surface area contributed by atoms with Crippen LogP contribution in [0.2, 0.25) is 0 Å². The van der Waals surface area contributed by atoms with E-state index in [9.17, 15) is 9.18 Å². The molecule has 1 aromatic carbocycles. The molecule has 4 rings (SSSR count). The highest BCUT2D eigenvalue weighted by atomic mass is 32.2. The van der Waals surface area contributed by atoms with E-state index in [0.29, 0.717) is 0 Å². The molecule has 0 radical (unpaired) electrons. The maximum atomic E-state index is 13.2. The second-order valence-corrected chi connectivity index (χ2v) is 7.72. The third-order valence-electron chi connectivity index (χ3n) is 4.12. The summed E-state index contributed by atoms with van der Waals surface area (Å²) in [6.07, 6.45) is 2.36. The largest absolute Gasteiger partial charge is 0.345 e. The van der Waals surface area contributed by atoms with Crippen molar-refractivity contribution in [2.45, 2.75) is 16.7 Å². The van der Waals surface area contributed by atoms with Gasteiger partial charge in [0, 0.05) is 24.5 Å². The fourth-order valence-electron chi connectivity index (χ4n) is 2.81. The van der Waals surface area contributed by atoms with E-state index in [1.54, 1.807) is 23.4 Å². The van der Waals surface area contributed by atoms with Gasteiger partial charge >= 0.3 is 0 Å². The highest BCUT2D eigenvalue weighted by Gasteiger charge is 2.31. The van der Waals surface area contributed by atoms with Gasteiger partial charge in [-0.25, -0.2) is 14.4 Å². The lowest BCUT2D eigenvalue weighted by Crippen LogP contribution is -2.23. The van der Waals surface area contributed by atoms with Crippen LogP contribution < -0.4 is 0 Å². The second-order valence-electron chi connectivity index (χ2n) is 5.67. The van der Waals surface area contributed by atoms with Crippen LogP contribution in [-0.2, 0) is 4.79 Å². The van der Waals surface area contributed by atoms with Crippen molar-refractivity contribution in [2.24, 2.45) is 0 Å². The van der Waals surface area contributed by atoms with Crippen LogP contribution in [0.1, 0.15) is 6.42 Å². The summed E-state index contributed by atoms with van der Waals surface area (Å²) in [5.41, 5.74) is 1.91. The molecule has 24 heavy (non-hydrogen) atoms. The molecule has 2 aromatic heterocycles. The van der Waals surface area contributed by atoms with Crippen LogP contribution in [0.15, 0.2) is 41.0 Å². The average molecular weight is 359 g/mol. The Bertz CT molecular complexity index is 910. The fraction of sp³-hybridized carbons (Fsp3) is 0.235. The number of thioether (sulfide) groups is 1. The lowest BCUT2D eigenvalue weighted by atomic mass is 10.1. The van der Waals surface area contributed by atoms with Gasteiger partial charge in [0.25, 0.3) is 0 Å². The number of carbonyl (C=O) groups is 1. The van der Waals surface area contributed by atoms with E-state index in [0.717, 1.165) is 39.3 Å². The molecule has 0 aliphatic carbocycles. The van der Waals surface area contributed by atoms with Gasteiger partial charge in [0.15, 0.2) is 0 Å². The number of halogens is 1. The molecule has 0 unspecified atom stereocenters. The number of benzene rings is 1. The fourth-order valence-corrected chi connectivity index (χ4v) is 5.00. The van der Waals surface area contributed by atoms with Gasteiger partial charge in [-0.3, -0.25) is 4.79 Å². The monoisotopic (exact) mass is 359 g/mol. The molecule has 0 saturated carbocycles. The predicted molar refractivity (Wildman–Crippen MR) is 94.7 cm³/mol. The van der Waals surface area contributed by atoms with Crippen LogP contribution in [0.25, 0.3) is 21.3 Å². The van der Waals surface area contributed by atoms with Crippen molar-refractivity contribution < 1.29 is 9.18 Å². The molecule has 3 heterocycles. The molecule has 1 atom stereocenters. The van der Waals surface area contributed by atoms with Crippen LogP contribution in [0.5, 0.6) is 0 Å². The normalized spacial score (nSPS) is 17.8. The van der Waals surface area contributed by atoms with Gasteiger partial charge in [-0.05, 0) is 24.1 Å². The summed E-state index contributed by atoms with van der Waals surface area (Å²) < 4.78 is 13.2. The molecule has 1 aliphatic heterocycles. The van der Waals surface area contributed by atoms with Crippen molar-refractivity contribution in [1.82, 2.24) is 14.9 Å². The maximum absolute atomic E-state index is 13.2. The summed E-state index contributed by atoms with van der Waals surface area (Å²) in [4.78, 5) is 23.6. The maximum Gasteiger partial charge on any atom is 0.235 e. The zero-order valence-electron chi connectivity index (χ0n) is 12.9. The molecule has 0 N–H and O–H groups in total. The van der Waals surface area contributed by atoms with Crippen molar-refractivity contribution in [3.05, 3.63) is 41.8 Å². The van der Waals surface area contributed by atoms with Crippen molar-refractivity contribution in [2.75, 3.05) is 13.6 Å². The number of carbonyl (C=O) groups excluding carboxylic acids is 1. The van der Waals surface area contributed by atoms with Crippen LogP contribution in [0, 0.1) is 5.82 Å². The Balaban J connectivity index is 1.77. The number of thiophene rings is 1. The Morgan fingerprint density at radius 2 is 2.08 bits per heavy atom. The van der Waals surface area contributed by atoms with E-state index in [4.69, 9.17) is 0 Å². The minimum Gasteiger partial charge on any atom is -0.345 e. The van der Waals surface area contributed by atoms with E-state index < -0.39 is 0 Å². The number of amides is 1. The summed E-state index contributed by atoms with van der Waals surface area (Å²) in [5, 5.41) is 3.67. The van der Waals surface area contributed by atoms with E-state index >= 15 is 0 Å². The standard InChI is InChI=1S/C17H14FN3OS2/c1-21-7-6-13(17(21)22)24-16-14-12(8-23-15(14)19-9-20-16)10-2-4-11(18)5-3-10/h2-5,8-9,13H,6-7H2,1H3/t13-/m1/s1. The summed E-state index contributed by atoms with van der Waals surface area (Å²) in [6, 6.07) is 6.41. The summed E-state index contributed by atoms with van der Waals surface area (Å²) in [5.74, 6) is -0.117. The topological polar surface area (TPSA) is 46.1 Å². The van der Waals surface area contributed by atoms with Gasteiger partial charge in [-0.1, -0.05) is 23.9 Å². The number of fused-ring (bicyclic) bond motifs is 1. The first kappa shape index (κ1) is 15.5. The van der Waals surface area contributed by atoms with Crippen LogP contribution in [0.3, 0.4) is 0 Å². The Labute approximate surface area is 146 Å². The van der Waals surface area contributed by atoms with Crippen LogP contribution >= 0.6 is 23.1 Å². The lowest BCUT2D eigenvalue weighted by Gasteiger charge is -2.10. The Morgan fingerprint density at radius 1 is 1.29 bits per heavy atom. The second kappa shape index (κ2) is 6.14. The number of aromatic nitrogens is 2. The Morgan fingerprint density at radius 3 is 2.79 bits per heavy atom. The molecule has 3 aromatic rings. The first-order valence-corrected chi connectivity index (χ1v) is 9.29. The Kier molecular flexibility index (Phi) is 3.97. The smallest absolute Gasteiger partial charge is 0.235 e. The SMILES string of the molecule is CN1CC[C@@H](Sc2ncnc3scc(-c4ccc(F)cc4)c23)C1=O. The van der Waals surface area contributed by atoms with Gasteiger partial charge in [0.2, 0.25) is 5.91 Å². The summed E-state index contributed by atoms with van der Waals surface area (Å²) >= 11 is 3.03. The van der Waals surface area contributed by atoms with E-state index in [2.05, 4.69) is 9.97 Å². The van der Waals surface area contributed by atoms with Crippen molar-refractivity contribution in [1.29, 1.82) is 0 Å². The van der Waals surface area contributed by atoms with Crippen molar-refractivity contribution >= 4 is 39.2 Å². The minimum absolute atomic E-state index is 0.103. The van der Waals surface area contributed by atoms with Gasteiger partial charge in [-0.15, -0.1) is 11.3 Å². The quantitative estimate of drug-likeness (QED) is 0.667. The molecule has 4 nitrogen and oxygen atoms in total. The third-order valence-corrected chi connectivity index (χ3v) is 6.26. The molecule has 1 saturated heterocycles. The molecular weight excluding hydrogens is 345 g/mol. The molecule has 122 valence electrons. The molecule has 0 bridgehead atoms. The first-order valence-electron chi connectivity index (χ1n) is 7.53. The van der Waals surface area contributed by atoms with Gasteiger partial charge in [0.1, 0.15) is 22.0 Å². The van der Waals surface area contributed by atoms with Crippen molar-refractivity contribution in [3.63, 3.8) is 0 Å². The molecular formula is C17H14FN3OS2.